The van der Waals surface area contributed by atoms with Crippen molar-refractivity contribution >= 4 is 0 Å². The molecular weight excluding hydrogens is 276 g/mol. The van der Waals surface area contributed by atoms with Gasteiger partial charge in [0.25, 0.3) is 0 Å². The molecule has 2 heterocycles. The van der Waals surface area contributed by atoms with E-state index in [1.165, 1.54) is 5.56 Å². The molecule has 0 bridgehead atoms. The first-order valence-corrected chi connectivity index (χ1v) is 7.41. The Hall–Kier alpha value is -2.56. The largest absolute Gasteiger partial charge is 0.494 e. The summed E-state index contributed by atoms with van der Waals surface area (Å²) in [5.74, 6) is 0.929. The van der Waals surface area contributed by atoms with Gasteiger partial charge in [0, 0.05) is 25.4 Å². The molecule has 0 radical (unpaired) electrons. The number of hydrogen-bond acceptors (Lipinski definition) is 3. The Morgan fingerprint density at radius 2 is 2.14 bits per heavy atom. The van der Waals surface area contributed by atoms with E-state index in [0.717, 1.165) is 30.0 Å². The van der Waals surface area contributed by atoms with E-state index >= 15 is 0 Å². The third-order valence-corrected chi connectivity index (χ3v) is 3.51. The Labute approximate surface area is 130 Å². The summed E-state index contributed by atoms with van der Waals surface area (Å²) < 4.78 is 9.72. The van der Waals surface area contributed by atoms with Crippen molar-refractivity contribution in [1.29, 1.82) is 0 Å². The molecule has 114 valence electrons. The maximum Gasteiger partial charge on any atom is 0.119 e. The van der Waals surface area contributed by atoms with Gasteiger partial charge in [-0.2, -0.15) is 5.10 Å². The van der Waals surface area contributed by atoms with Gasteiger partial charge in [0.15, 0.2) is 0 Å². The summed E-state index contributed by atoms with van der Waals surface area (Å²) in [6.07, 6.45) is 8.51. The monoisotopic (exact) mass is 296 g/mol. The van der Waals surface area contributed by atoms with Crippen LogP contribution in [0.15, 0.2) is 49.2 Å². The molecule has 0 fully saturated rings. The fraction of sp³-hybridized carbons (Fsp3) is 0.294. The van der Waals surface area contributed by atoms with E-state index in [4.69, 9.17) is 4.74 Å². The molecule has 0 atom stereocenters. The zero-order valence-corrected chi connectivity index (χ0v) is 12.9. The van der Waals surface area contributed by atoms with Crippen LogP contribution in [0.3, 0.4) is 0 Å². The normalized spacial score (nSPS) is 10.8. The second-order valence-electron chi connectivity index (χ2n) is 5.39. The first kappa shape index (κ1) is 14.4. The Kier molecular flexibility index (Phi) is 4.23. The fourth-order valence-electron chi connectivity index (χ4n) is 2.42. The van der Waals surface area contributed by atoms with Gasteiger partial charge in [0.05, 0.1) is 31.0 Å². The number of ether oxygens (including phenoxy) is 1. The van der Waals surface area contributed by atoms with E-state index in [0.29, 0.717) is 6.61 Å². The van der Waals surface area contributed by atoms with Crippen LogP contribution in [0.5, 0.6) is 5.75 Å². The second-order valence-corrected chi connectivity index (χ2v) is 5.39. The summed E-state index contributed by atoms with van der Waals surface area (Å²) in [5, 5.41) is 4.21. The van der Waals surface area contributed by atoms with Crippen molar-refractivity contribution in [2.45, 2.75) is 19.9 Å². The lowest BCUT2D eigenvalue weighted by atomic mass is 10.2. The minimum atomic E-state index is 0.689. The fourth-order valence-corrected chi connectivity index (χ4v) is 2.42. The van der Waals surface area contributed by atoms with Crippen molar-refractivity contribution in [1.82, 2.24) is 19.3 Å². The minimum Gasteiger partial charge on any atom is -0.494 e. The maximum atomic E-state index is 5.78. The van der Waals surface area contributed by atoms with E-state index < -0.39 is 0 Å². The number of aromatic nitrogens is 4. The average molecular weight is 296 g/mol. The third kappa shape index (κ3) is 3.36. The van der Waals surface area contributed by atoms with Crippen molar-refractivity contribution in [3.05, 3.63) is 54.7 Å². The summed E-state index contributed by atoms with van der Waals surface area (Å²) in [7, 11) is 1.92. The number of rotatable bonds is 6. The van der Waals surface area contributed by atoms with Crippen LogP contribution >= 0.6 is 0 Å². The van der Waals surface area contributed by atoms with Gasteiger partial charge in [0.1, 0.15) is 5.75 Å². The molecule has 2 aromatic heterocycles. The standard InChI is InChI=1S/C17H20N4O/c1-14-5-3-6-16(9-14)22-8-4-7-21-13-18-11-17(21)15-10-19-20(2)12-15/h3,5-6,9-13H,4,7-8H2,1-2H3. The lowest BCUT2D eigenvalue weighted by Gasteiger charge is -2.09. The SMILES string of the molecule is Cc1cccc(OCCCn2cncc2-c2cnn(C)c2)c1. The Balaban J connectivity index is 1.55. The molecule has 0 aliphatic rings. The van der Waals surface area contributed by atoms with Gasteiger partial charge in [-0.15, -0.1) is 0 Å². The van der Waals surface area contributed by atoms with Crippen molar-refractivity contribution in [3.63, 3.8) is 0 Å². The topological polar surface area (TPSA) is 44.9 Å². The molecule has 3 rings (SSSR count). The molecule has 0 aliphatic carbocycles. The summed E-state index contributed by atoms with van der Waals surface area (Å²) in [4.78, 5) is 4.24. The van der Waals surface area contributed by atoms with Crippen LogP contribution < -0.4 is 4.74 Å². The van der Waals surface area contributed by atoms with Crippen LogP contribution in [0.2, 0.25) is 0 Å². The number of nitrogens with zero attached hydrogens (tertiary/aromatic N) is 4. The Bertz CT molecular complexity index is 744. The number of aryl methyl sites for hydroxylation is 3. The van der Waals surface area contributed by atoms with Crippen LogP contribution in [0, 0.1) is 6.92 Å². The quantitative estimate of drug-likeness (QED) is 0.657. The molecule has 3 aromatic rings. The molecule has 0 aliphatic heterocycles. The highest BCUT2D eigenvalue weighted by molar-refractivity contribution is 5.56. The van der Waals surface area contributed by atoms with Gasteiger partial charge in [-0.05, 0) is 31.0 Å². The number of imidazole rings is 1. The van der Waals surface area contributed by atoms with Gasteiger partial charge in [-0.1, -0.05) is 12.1 Å². The number of hydrogen-bond donors (Lipinski definition) is 0. The second kappa shape index (κ2) is 6.47. The molecule has 0 saturated heterocycles. The molecule has 0 amide bonds. The highest BCUT2D eigenvalue weighted by Crippen LogP contribution is 2.18. The van der Waals surface area contributed by atoms with Crippen LogP contribution in [0.25, 0.3) is 11.3 Å². The third-order valence-electron chi connectivity index (χ3n) is 3.51. The van der Waals surface area contributed by atoms with Crippen LogP contribution in [-0.2, 0) is 13.6 Å². The first-order chi connectivity index (χ1) is 10.7. The summed E-state index contributed by atoms with van der Waals surface area (Å²) in [6.45, 7) is 3.63. The van der Waals surface area contributed by atoms with E-state index in [1.807, 2.05) is 44.1 Å². The van der Waals surface area contributed by atoms with Crippen LogP contribution in [0.4, 0.5) is 0 Å². The molecule has 0 N–H and O–H groups in total. The first-order valence-electron chi connectivity index (χ1n) is 7.41. The summed E-state index contributed by atoms with van der Waals surface area (Å²) in [6, 6.07) is 8.13. The van der Waals surface area contributed by atoms with Gasteiger partial charge < -0.3 is 9.30 Å². The average Bonchev–Trinajstić information content (AvgIpc) is 3.12. The van der Waals surface area contributed by atoms with Gasteiger partial charge in [0.2, 0.25) is 0 Å². The lowest BCUT2D eigenvalue weighted by molar-refractivity contribution is 0.302. The molecule has 1 aromatic carbocycles. The van der Waals surface area contributed by atoms with Crippen LogP contribution in [0.1, 0.15) is 12.0 Å². The predicted molar refractivity (Wildman–Crippen MR) is 85.7 cm³/mol. The highest BCUT2D eigenvalue weighted by atomic mass is 16.5. The lowest BCUT2D eigenvalue weighted by Crippen LogP contribution is -2.05. The van der Waals surface area contributed by atoms with Gasteiger partial charge in [-0.3, -0.25) is 4.68 Å². The zero-order valence-electron chi connectivity index (χ0n) is 12.9. The Morgan fingerprint density at radius 1 is 1.23 bits per heavy atom. The van der Waals surface area contributed by atoms with Crippen LogP contribution in [-0.4, -0.2) is 25.9 Å². The maximum absolute atomic E-state index is 5.78. The van der Waals surface area contributed by atoms with E-state index in [-0.39, 0.29) is 0 Å². The predicted octanol–water partition coefficient (Wildman–Crippen LogP) is 3.06. The van der Waals surface area contributed by atoms with Crippen molar-refractivity contribution in [2.24, 2.45) is 7.05 Å². The smallest absolute Gasteiger partial charge is 0.119 e. The molecule has 5 nitrogen and oxygen atoms in total. The molecule has 0 unspecified atom stereocenters. The van der Waals surface area contributed by atoms with E-state index in [2.05, 4.69) is 33.7 Å². The Morgan fingerprint density at radius 3 is 2.91 bits per heavy atom. The van der Waals surface area contributed by atoms with E-state index in [1.54, 1.807) is 4.68 Å². The van der Waals surface area contributed by atoms with Gasteiger partial charge in [-0.25, -0.2) is 4.98 Å². The molecule has 0 spiro atoms. The molecule has 22 heavy (non-hydrogen) atoms. The minimum absolute atomic E-state index is 0.689. The molecular formula is C17H20N4O. The summed E-state index contributed by atoms with van der Waals surface area (Å²) >= 11 is 0. The number of benzene rings is 1. The van der Waals surface area contributed by atoms with Gasteiger partial charge >= 0.3 is 0 Å². The molecule has 5 heteroatoms. The highest BCUT2D eigenvalue weighted by Gasteiger charge is 2.06. The van der Waals surface area contributed by atoms with E-state index in [9.17, 15) is 0 Å². The zero-order chi connectivity index (χ0) is 15.4. The molecule has 0 saturated carbocycles. The van der Waals surface area contributed by atoms with Crippen molar-refractivity contribution in [2.75, 3.05) is 6.61 Å². The van der Waals surface area contributed by atoms with Crippen molar-refractivity contribution < 1.29 is 4.74 Å². The summed E-state index contributed by atoms with van der Waals surface area (Å²) in [5.41, 5.74) is 3.38. The van der Waals surface area contributed by atoms with Crippen molar-refractivity contribution in [3.8, 4) is 17.0 Å².